The van der Waals surface area contributed by atoms with Crippen LogP contribution in [-0.2, 0) is 4.79 Å². The van der Waals surface area contributed by atoms with Gasteiger partial charge in [0, 0.05) is 23.4 Å². The van der Waals surface area contributed by atoms with Crippen molar-refractivity contribution in [2.75, 3.05) is 44.2 Å². The van der Waals surface area contributed by atoms with Gasteiger partial charge in [0.05, 0.1) is 26.5 Å². The molecule has 1 heterocycles. The van der Waals surface area contributed by atoms with Crippen molar-refractivity contribution in [1.29, 1.82) is 0 Å². The van der Waals surface area contributed by atoms with Crippen LogP contribution in [0.5, 0.6) is 23.0 Å². The fourth-order valence-electron chi connectivity index (χ4n) is 3.56. The van der Waals surface area contributed by atoms with Gasteiger partial charge < -0.3 is 29.2 Å². The van der Waals surface area contributed by atoms with Crippen molar-refractivity contribution in [3.8, 4) is 23.0 Å². The first-order chi connectivity index (χ1) is 16.5. The zero-order valence-corrected chi connectivity index (χ0v) is 19.3. The number of rotatable bonds is 8. The molecule has 1 aliphatic rings. The Bertz CT molecular complexity index is 1170. The minimum absolute atomic E-state index is 0.0813. The number of hydrogen-bond acceptors (Lipinski definition) is 6. The van der Waals surface area contributed by atoms with E-state index in [0.29, 0.717) is 47.3 Å². The molecule has 2 amide bonds. The molecule has 0 aliphatic carbocycles. The summed E-state index contributed by atoms with van der Waals surface area (Å²) >= 11 is 0. The van der Waals surface area contributed by atoms with E-state index in [0.717, 1.165) is 11.3 Å². The molecule has 4 rings (SSSR count). The van der Waals surface area contributed by atoms with Crippen LogP contribution >= 0.6 is 0 Å². The number of amides is 2. The van der Waals surface area contributed by atoms with Gasteiger partial charge in [-0.05, 0) is 43.3 Å². The van der Waals surface area contributed by atoms with Crippen molar-refractivity contribution in [2.45, 2.75) is 6.92 Å². The van der Waals surface area contributed by atoms with Crippen molar-refractivity contribution in [2.24, 2.45) is 0 Å². The zero-order valence-electron chi connectivity index (χ0n) is 19.3. The summed E-state index contributed by atoms with van der Waals surface area (Å²) in [6.07, 6.45) is 0. The zero-order chi connectivity index (χ0) is 24.1. The third-order valence-corrected chi connectivity index (χ3v) is 5.38. The predicted molar refractivity (Wildman–Crippen MR) is 128 cm³/mol. The highest BCUT2D eigenvalue weighted by molar-refractivity contribution is 6.05. The molecule has 0 spiro atoms. The van der Waals surface area contributed by atoms with Crippen molar-refractivity contribution >= 4 is 23.2 Å². The van der Waals surface area contributed by atoms with E-state index >= 15 is 0 Å². The molecule has 1 N–H and O–H groups in total. The summed E-state index contributed by atoms with van der Waals surface area (Å²) in [7, 11) is 3.05. The molecular weight excluding hydrogens is 436 g/mol. The summed E-state index contributed by atoms with van der Waals surface area (Å²) in [6.45, 7) is 2.64. The van der Waals surface area contributed by atoms with Crippen LogP contribution in [0.2, 0.25) is 0 Å². The normalized spacial score (nSPS) is 12.4. The summed E-state index contributed by atoms with van der Waals surface area (Å²) < 4.78 is 21.9. The average Bonchev–Trinajstić information content (AvgIpc) is 2.86. The Morgan fingerprint density at radius 3 is 2.35 bits per heavy atom. The fraction of sp³-hybridized carbons (Fsp3) is 0.231. The largest absolute Gasteiger partial charge is 0.497 e. The second-order valence-electron chi connectivity index (χ2n) is 7.73. The molecule has 0 atom stereocenters. The Morgan fingerprint density at radius 2 is 1.68 bits per heavy atom. The van der Waals surface area contributed by atoms with E-state index in [4.69, 9.17) is 18.9 Å². The lowest BCUT2D eigenvalue weighted by Gasteiger charge is -2.29. The maximum Gasteiger partial charge on any atom is 0.265 e. The Hall–Kier alpha value is -4.20. The quantitative estimate of drug-likeness (QED) is 0.543. The molecule has 0 aromatic heterocycles. The highest BCUT2D eigenvalue weighted by Crippen LogP contribution is 2.35. The van der Waals surface area contributed by atoms with Crippen molar-refractivity contribution in [1.82, 2.24) is 0 Å². The van der Waals surface area contributed by atoms with Gasteiger partial charge in [-0.3, -0.25) is 9.59 Å². The number of nitrogens with zero attached hydrogens (tertiary/aromatic N) is 1. The molecule has 0 bridgehead atoms. The van der Waals surface area contributed by atoms with Gasteiger partial charge in [0.25, 0.3) is 11.8 Å². The van der Waals surface area contributed by atoms with E-state index < -0.39 is 0 Å². The molecule has 34 heavy (non-hydrogen) atoms. The molecule has 8 nitrogen and oxygen atoms in total. The van der Waals surface area contributed by atoms with Gasteiger partial charge in [0.15, 0.2) is 6.61 Å². The van der Waals surface area contributed by atoms with Crippen LogP contribution in [0.3, 0.4) is 0 Å². The SMILES string of the molecule is COc1cc(OC)cc(C(=O)Nc2ccc3c(c2)OCC(=O)N3CCOc2ccc(C)cc2)c1. The number of carbonyl (C=O) groups is 2. The lowest BCUT2D eigenvalue weighted by atomic mass is 10.1. The first kappa shape index (κ1) is 23.0. The maximum absolute atomic E-state index is 12.8. The number of hydrogen-bond donors (Lipinski definition) is 1. The molecule has 8 heteroatoms. The van der Waals surface area contributed by atoms with E-state index in [1.165, 1.54) is 14.2 Å². The van der Waals surface area contributed by atoms with Crippen LogP contribution in [0.15, 0.2) is 60.7 Å². The Labute approximate surface area is 198 Å². The molecule has 3 aromatic carbocycles. The van der Waals surface area contributed by atoms with Crippen molar-refractivity contribution in [3.05, 3.63) is 71.8 Å². The van der Waals surface area contributed by atoms with Gasteiger partial charge in [0.1, 0.15) is 29.6 Å². The summed E-state index contributed by atoms with van der Waals surface area (Å²) in [5.41, 5.74) is 2.71. The van der Waals surface area contributed by atoms with Crippen molar-refractivity contribution < 1.29 is 28.5 Å². The summed E-state index contributed by atoms with van der Waals surface area (Å²) in [6, 6.07) is 17.9. The molecule has 176 valence electrons. The van der Waals surface area contributed by atoms with Gasteiger partial charge in [0.2, 0.25) is 0 Å². The number of benzene rings is 3. The number of methoxy groups -OCH3 is 2. The van der Waals surface area contributed by atoms with E-state index in [1.54, 1.807) is 41.3 Å². The average molecular weight is 463 g/mol. The molecule has 1 aliphatic heterocycles. The van der Waals surface area contributed by atoms with Crippen molar-refractivity contribution in [3.63, 3.8) is 0 Å². The van der Waals surface area contributed by atoms with Crippen LogP contribution in [0.4, 0.5) is 11.4 Å². The first-order valence-corrected chi connectivity index (χ1v) is 10.8. The Kier molecular flexibility index (Phi) is 6.87. The standard InChI is InChI=1S/C26H26N2O6/c1-17-4-7-20(8-5-17)33-11-10-28-23-9-6-19(14-24(23)34-16-25(28)29)27-26(30)18-12-21(31-2)15-22(13-18)32-3/h4-9,12-15H,10-11,16H2,1-3H3,(H,27,30). The first-order valence-electron chi connectivity index (χ1n) is 10.8. The summed E-state index contributed by atoms with van der Waals surface area (Å²) in [5, 5.41) is 2.85. The second kappa shape index (κ2) is 10.2. The second-order valence-corrected chi connectivity index (χ2v) is 7.73. The lowest BCUT2D eigenvalue weighted by molar-refractivity contribution is -0.121. The highest BCUT2D eigenvalue weighted by atomic mass is 16.5. The smallest absolute Gasteiger partial charge is 0.265 e. The Balaban J connectivity index is 1.45. The highest BCUT2D eigenvalue weighted by Gasteiger charge is 2.26. The monoisotopic (exact) mass is 462 g/mol. The summed E-state index contributed by atoms with van der Waals surface area (Å²) in [5.74, 6) is 1.81. The molecule has 0 saturated heterocycles. The maximum atomic E-state index is 12.8. The van der Waals surface area contributed by atoms with Crippen LogP contribution in [-0.4, -0.2) is 45.8 Å². The molecule has 0 saturated carbocycles. The Morgan fingerprint density at radius 1 is 0.971 bits per heavy atom. The van der Waals surface area contributed by atoms with Gasteiger partial charge >= 0.3 is 0 Å². The minimum atomic E-state index is -0.326. The third-order valence-electron chi connectivity index (χ3n) is 5.38. The van der Waals surface area contributed by atoms with Crippen LogP contribution in [0, 0.1) is 6.92 Å². The number of aryl methyl sites for hydroxylation is 1. The number of carbonyl (C=O) groups excluding carboxylic acids is 2. The number of fused-ring (bicyclic) bond motifs is 1. The minimum Gasteiger partial charge on any atom is -0.497 e. The molecule has 3 aromatic rings. The number of nitrogens with one attached hydrogen (secondary N) is 1. The fourth-order valence-corrected chi connectivity index (χ4v) is 3.56. The molecule has 0 radical (unpaired) electrons. The molecule has 0 fully saturated rings. The van der Waals surface area contributed by atoms with Crippen LogP contribution in [0.25, 0.3) is 0 Å². The third kappa shape index (κ3) is 5.23. The predicted octanol–water partition coefficient (Wildman–Crippen LogP) is 4.07. The van der Waals surface area contributed by atoms with Gasteiger partial charge in [-0.25, -0.2) is 0 Å². The molecule has 0 unspecified atom stereocenters. The van der Waals surface area contributed by atoms with E-state index in [1.807, 2.05) is 31.2 Å². The van der Waals surface area contributed by atoms with E-state index in [9.17, 15) is 9.59 Å². The number of ether oxygens (including phenoxy) is 4. The lowest BCUT2D eigenvalue weighted by Crippen LogP contribution is -2.41. The number of anilines is 2. The van der Waals surface area contributed by atoms with Crippen LogP contribution in [0.1, 0.15) is 15.9 Å². The van der Waals surface area contributed by atoms with Gasteiger partial charge in [-0.15, -0.1) is 0 Å². The molecular formula is C26H26N2O6. The topological polar surface area (TPSA) is 86.3 Å². The van der Waals surface area contributed by atoms with E-state index in [2.05, 4.69) is 5.32 Å². The van der Waals surface area contributed by atoms with Crippen LogP contribution < -0.4 is 29.2 Å². The van der Waals surface area contributed by atoms with Gasteiger partial charge in [-0.2, -0.15) is 0 Å². The van der Waals surface area contributed by atoms with Gasteiger partial charge in [-0.1, -0.05) is 17.7 Å². The van der Waals surface area contributed by atoms with E-state index in [-0.39, 0.29) is 18.4 Å². The summed E-state index contributed by atoms with van der Waals surface area (Å²) in [4.78, 5) is 26.9.